The van der Waals surface area contributed by atoms with Crippen molar-refractivity contribution in [3.63, 3.8) is 0 Å². The molecular weight excluding hydrogens is 252 g/mol. The molecule has 20 heavy (non-hydrogen) atoms. The van der Waals surface area contributed by atoms with Crippen molar-refractivity contribution in [3.8, 4) is 5.75 Å². The molecule has 3 rings (SSSR count). The minimum atomic E-state index is 0.106. The summed E-state index contributed by atoms with van der Waals surface area (Å²) >= 11 is 0. The van der Waals surface area contributed by atoms with E-state index in [4.69, 9.17) is 4.74 Å². The second-order valence-electron chi connectivity index (χ2n) is 5.69. The smallest absolute Gasteiger partial charge is 0.220 e. The van der Waals surface area contributed by atoms with Crippen LogP contribution in [-0.4, -0.2) is 25.6 Å². The van der Waals surface area contributed by atoms with Crippen molar-refractivity contribution in [2.75, 3.05) is 19.7 Å². The Morgan fingerprint density at radius 3 is 2.90 bits per heavy atom. The number of carbonyl (C=O) groups is 1. The SMILES string of the molecule is O=C(CC1CCNCC1)NC1CCOc2ccccc21. The largest absolute Gasteiger partial charge is 0.493 e. The van der Waals surface area contributed by atoms with Gasteiger partial charge in [-0.15, -0.1) is 0 Å². The summed E-state index contributed by atoms with van der Waals surface area (Å²) in [5, 5.41) is 6.52. The number of piperidine rings is 1. The van der Waals surface area contributed by atoms with E-state index < -0.39 is 0 Å². The number of carbonyl (C=O) groups excluding carboxylic acids is 1. The second kappa shape index (κ2) is 6.27. The minimum absolute atomic E-state index is 0.106. The van der Waals surface area contributed by atoms with Gasteiger partial charge in [0.2, 0.25) is 5.91 Å². The van der Waals surface area contributed by atoms with E-state index in [0.717, 1.165) is 43.7 Å². The molecule has 0 bridgehead atoms. The van der Waals surface area contributed by atoms with E-state index in [2.05, 4.69) is 10.6 Å². The standard InChI is InChI=1S/C16H22N2O2/c19-16(11-12-5-8-17-9-6-12)18-14-7-10-20-15-4-2-1-3-13(14)15/h1-4,12,14,17H,5-11H2,(H,18,19). The van der Waals surface area contributed by atoms with Crippen LogP contribution >= 0.6 is 0 Å². The van der Waals surface area contributed by atoms with Crippen molar-refractivity contribution >= 4 is 5.91 Å². The fourth-order valence-corrected chi connectivity index (χ4v) is 3.09. The van der Waals surface area contributed by atoms with E-state index >= 15 is 0 Å². The first kappa shape index (κ1) is 13.4. The van der Waals surface area contributed by atoms with Crippen molar-refractivity contribution in [3.05, 3.63) is 29.8 Å². The monoisotopic (exact) mass is 274 g/mol. The summed E-state index contributed by atoms with van der Waals surface area (Å²) in [6.45, 7) is 2.76. The molecule has 2 N–H and O–H groups in total. The summed E-state index contributed by atoms with van der Waals surface area (Å²) in [5.74, 6) is 1.62. The van der Waals surface area contributed by atoms with Gasteiger partial charge in [0.1, 0.15) is 5.75 Å². The zero-order valence-electron chi connectivity index (χ0n) is 11.7. The van der Waals surface area contributed by atoms with Gasteiger partial charge in [-0.3, -0.25) is 4.79 Å². The van der Waals surface area contributed by atoms with Crippen molar-refractivity contribution in [1.82, 2.24) is 10.6 Å². The first-order chi connectivity index (χ1) is 9.83. The zero-order valence-corrected chi connectivity index (χ0v) is 11.7. The van der Waals surface area contributed by atoms with Crippen LogP contribution in [0.1, 0.15) is 37.3 Å². The molecule has 1 saturated heterocycles. The highest BCUT2D eigenvalue weighted by atomic mass is 16.5. The van der Waals surface area contributed by atoms with Crippen molar-refractivity contribution < 1.29 is 9.53 Å². The molecule has 108 valence electrons. The average molecular weight is 274 g/mol. The molecule has 2 aliphatic rings. The number of hydrogen-bond acceptors (Lipinski definition) is 3. The van der Waals surface area contributed by atoms with Gasteiger partial charge in [-0.25, -0.2) is 0 Å². The molecule has 4 nitrogen and oxygen atoms in total. The molecule has 0 aliphatic carbocycles. The summed E-state index contributed by atoms with van der Waals surface area (Å²) in [4.78, 5) is 12.2. The predicted molar refractivity (Wildman–Crippen MR) is 77.6 cm³/mol. The Balaban J connectivity index is 1.59. The highest BCUT2D eigenvalue weighted by molar-refractivity contribution is 5.77. The topological polar surface area (TPSA) is 50.4 Å². The molecule has 2 heterocycles. The minimum Gasteiger partial charge on any atom is -0.493 e. The van der Waals surface area contributed by atoms with Gasteiger partial charge in [0.05, 0.1) is 12.6 Å². The van der Waals surface area contributed by atoms with Gasteiger partial charge in [0.15, 0.2) is 0 Å². The predicted octanol–water partition coefficient (Wildman–Crippen LogP) is 2.02. The maximum absolute atomic E-state index is 12.2. The third kappa shape index (κ3) is 3.12. The molecule has 1 fully saturated rings. The molecule has 2 aliphatic heterocycles. The second-order valence-corrected chi connectivity index (χ2v) is 5.69. The zero-order chi connectivity index (χ0) is 13.8. The number of fused-ring (bicyclic) bond motifs is 1. The van der Waals surface area contributed by atoms with Gasteiger partial charge in [-0.05, 0) is 37.9 Å². The lowest BCUT2D eigenvalue weighted by atomic mass is 9.93. The van der Waals surface area contributed by atoms with E-state index in [1.54, 1.807) is 0 Å². The van der Waals surface area contributed by atoms with Crippen molar-refractivity contribution in [2.24, 2.45) is 5.92 Å². The van der Waals surface area contributed by atoms with E-state index in [9.17, 15) is 4.79 Å². The highest BCUT2D eigenvalue weighted by Gasteiger charge is 2.24. The Hall–Kier alpha value is -1.55. The molecule has 0 radical (unpaired) electrons. The highest BCUT2D eigenvalue weighted by Crippen LogP contribution is 2.31. The fraction of sp³-hybridized carbons (Fsp3) is 0.562. The van der Waals surface area contributed by atoms with Gasteiger partial charge in [-0.2, -0.15) is 0 Å². The Morgan fingerprint density at radius 1 is 1.25 bits per heavy atom. The molecule has 1 atom stereocenters. The molecular formula is C16H22N2O2. The average Bonchev–Trinajstić information content (AvgIpc) is 2.48. The molecule has 1 amide bonds. The summed E-state index contributed by atoms with van der Waals surface area (Å²) in [6, 6.07) is 8.09. The number of rotatable bonds is 3. The van der Waals surface area contributed by atoms with E-state index in [0.29, 0.717) is 18.9 Å². The van der Waals surface area contributed by atoms with Gasteiger partial charge in [0.25, 0.3) is 0 Å². The summed E-state index contributed by atoms with van der Waals surface area (Å²) in [7, 11) is 0. The molecule has 0 aromatic heterocycles. The van der Waals surface area contributed by atoms with Crippen molar-refractivity contribution in [2.45, 2.75) is 31.7 Å². The molecule has 4 heteroatoms. The fourth-order valence-electron chi connectivity index (χ4n) is 3.09. The third-order valence-electron chi connectivity index (χ3n) is 4.23. The third-order valence-corrected chi connectivity index (χ3v) is 4.23. The van der Waals surface area contributed by atoms with Gasteiger partial charge >= 0.3 is 0 Å². The maximum atomic E-state index is 12.2. The van der Waals surface area contributed by atoms with Crippen LogP contribution in [0.5, 0.6) is 5.75 Å². The van der Waals surface area contributed by atoms with Gasteiger partial charge < -0.3 is 15.4 Å². The summed E-state index contributed by atoms with van der Waals surface area (Å²) in [5.41, 5.74) is 1.11. The lowest BCUT2D eigenvalue weighted by Crippen LogP contribution is -2.35. The van der Waals surface area contributed by atoms with Gasteiger partial charge in [-0.1, -0.05) is 18.2 Å². The van der Waals surface area contributed by atoms with Crippen LogP contribution in [0, 0.1) is 5.92 Å². The van der Waals surface area contributed by atoms with Crippen LogP contribution < -0.4 is 15.4 Å². The molecule has 0 spiro atoms. The van der Waals surface area contributed by atoms with Crippen LogP contribution in [0.3, 0.4) is 0 Å². The number of benzene rings is 1. The van der Waals surface area contributed by atoms with Crippen molar-refractivity contribution in [1.29, 1.82) is 0 Å². The van der Waals surface area contributed by atoms with E-state index in [1.807, 2.05) is 24.3 Å². The normalized spacial score (nSPS) is 22.7. The number of amides is 1. The number of para-hydroxylation sites is 1. The lowest BCUT2D eigenvalue weighted by molar-refractivity contribution is -0.123. The summed E-state index contributed by atoms with van der Waals surface area (Å²) < 4.78 is 5.63. The van der Waals surface area contributed by atoms with E-state index in [-0.39, 0.29) is 11.9 Å². The summed E-state index contributed by atoms with van der Waals surface area (Å²) in [6.07, 6.45) is 3.73. The number of ether oxygens (including phenoxy) is 1. The first-order valence-electron chi connectivity index (χ1n) is 7.55. The Kier molecular flexibility index (Phi) is 4.21. The number of hydrogen-bond donors (Lipinski definition) is 2. The van der Waals surface area contributed by atoms with Crippen LogP contribution in [0.15, 0.2) is 24.3 Å². The quantitative estimate of drug-likeness (QED) is 0.886. The van der Waals surface area contributed by atoms with Crippen LogP contribution in [-0.2, 0) is 4.79 Å². The maximum Gasteiger partial charge on any atom is 0.220 e. The Labute approximate surface area is 119 Å². The van der Waals surface area contributed by atoms with Crippen LogP contribution in [0.4, 0.5) is 0 Å². The Morgan fingerprint density at radius 2 is 2.05 bits per heavy atom. The van der Waals surface area contributed by atoms with E-state index in [1.165, 1.54) is 0 Å². The molecule has 1 unspecified atom stereocenters. The Bertz CT molecular complexity index is 469. The molecule has 1 aromatic carbocycles. The lowest BCUT2D eigenvalue weighted by Gasteiger charge is -2.28. The number of nitrogens with one attached hydrogen (secondary N) is 2. The first-order valence-corrected chi connectivity index (χ1v) is 7.55. The molecule has 0 saturated carbocycles. The van der Waals surface area contributed by atoms with Crippen LogP contribution in [0.2, 0.25) is 0 Å². The van der Waals surface area contributed by atoms with Gasteiger partial charge in [0, 0.05) is 18.4 Å². The van der Waals surface area contributed by atoms with Crippen LogP contribution in [0.25, 0.3) is 0 Å². The molecule has 1 aromatic rings.